The van der Waals surface area contributed by atoms with Crippen molar-refractivity contribution < 1.29 is 9.90 Å². The van der Waals surface area contributed by atoms with E-state index in [1.807, 2.05) is 20.0 Å². The summed E-state index contributed by atoms with van der Waals surface area (Å²) in [4.78, 5) is 10.8. The van der Waals surface area contributed by atoms with Crippen LogP contribution in [0, 0.1) is 20.8 Å². The zero-order chi connectivity index (χ0) is 11.9. The average molecular weight is 217 g/mol. The van der Waals surface area contributed by atoms with E-state index in [0.29, 0.717) is 0 Å². The molecule has 1 aromatic carbocycles. The summed E-state index contributed by atoms with van der Waals surface area (Å²) in [7, 11) is 0. The van der Waals surface area contributed by atoms with Crippen molar-refractivity contribution in [2.24, 2.45) is 0 Å². The van der Waals surface area contributed by atoms with Crippen LogP contribution in [0.2, 0.25) is 0 Å². The molecule has 2 aromatic rings. The molecule has 84 valence electrons. The van der Waals surface area contributed by atoms with Crippen LogP contribution in [-0.2, 0) is 11.3 Å². The van der Waals surface area contributed by atoms with E-state index in [0.717, 1.165) is 16.5 Å². The number of aliphatic carboxylic acids is 1. The Balaban J connectivity index is 2.68. The molecule has 0 atom stereocenters. The Morgan fingerprint density at radius 2 is 1.81 bits per heavy atom. The van der Waals surface area contributed by atoms with Gasteiger partial charge in [-0.1, -0.05) is 0 Å². The number of nitrogens with zero attached hydrogens (tertiary/aromatic N) is 1. The fraction of sp³-hybridized carbons (Fsp3) is 0.308. The number of carbonyl (C=O) groups is 1. The normalized spacial score (nSPS) is 10.9. The fourth-order valence-corrected chi connectivity index (χ4v) is 2.00. The van der Waals surface area contributed by atoms with E-state index < -0.39 is 5.97 Å². The molecule has 0 amide bonds. The summed E-state index contributed by atoms with van der Waals surface area (Å²) in [5, 5.41) is 9.98. The Labute approximate surface area is 94.3 Å². The molecule has 0 bridgehead atoms. The summed E-state index contributed by atoms with van der Waals surface area (Å²) in [5.41, 5.74) is 4.56. The van der Waals surface area contributed by atoms with Gasteiger partial charge in [0.2, 0.25) is 0 Å². The topological polar surface area (TPSA) is 42.2 Å². The Morgan fingerprint density at radius 3 is 2.44 bits per heavy atom. The smallest absolute Gasteiger partial charge is 0.323 e. The third kappa shape index (κ3) is 1.69. The Hall–Kier alpha value is -1.77. The van der Waals surface area contributed by atoms with Gasteiger partial charge in [0, 0.05) is 17.1 Å². The maximum Gasteiger partial charge on any atom is 0.323 e. The van der Waals surface area contributed by atoms with Gasteiger partial charge in [-0.05, 0) is 49.6 Å². The number of aryl methyl sites for hydroxylation is 3. The van der Waals surface area contributed by atoms with Crippen LogP contribution in [0.4, 0.5) is 0 Å². The minimum Gasteiger partial charge on any atom is -0.480 e. The summed E-state index contributed by atoms with van der Waals surface area (Å²) in [6.45, 7) is 6.15. The minimum absolute atomic E-state index is 0.0207. The van der Waals surface area contributed by atoms with Gasteiger partial charge < -0.3 is 9.67 Å². The van der Waals surface area contributed by atoms with Gasteiger partial charge in [0.25, 0.3) is 0 Å². The minimum atomic E-state index is -0.810. The zero-order valence-electron chi connectivity index (χ0n) is 9.74. The fourth-order valence-electron chi connectivity index (χ4n) is 2.00. The highest BCUT2D eigenvalue weighted by Gasteiger charge is 2.09. The number of aromatic nitrogens is 1. The van der Waals surface area contributed by atoms with Crippen LogP contribution in [0.25, 0.3) is 10.9 Å². The Bertz CT molecular complexity index is 567. The van der Waals surface area contributed by atoms with Crippen LogP contribution >= 0.6 is 0 Å². The first-order chi connectivity index (χ1) is 7.49. The van der Waals surface area contributed by atoms with Gasteiger partial charge in [-0.25, -0.2) is 0 Å². The summed E-state index contributed by atoms with van der Waals surface area (Å²) >= 11 is 0. The number of carboxylic acids is 1. The van der Waals surface area contributed by atoms with Crippen LogP contribution in [0.5, 0.6) is 0 Å². The van der Waals surface area contributed by atoms with Gasteiger partial charge in [0.05, 0.1) is 0 Å². The molecule has 0 radical (unpaired) electrons. The van der Waals surface area contributed by atoms with Crippen molar-refractivity contribution >= 4 is 16.9 Å². The Morgan fingerprint density at radius 1 is 1.19 bits per heavy atom. The lowest BCUT2D eigenvalue weighted by atomic mass is 10.1. The van der Waals surface area contributed by atoms with E-state index in [1.165, 1.54) is 11.1 Å². The van der Waals surface area contributed by atoms with Crippen LogP contribution in [0.1, 0.15) is 16.7 Å². The molecular weight excluding hydrogens is 202 g/mol. The first-order valence-corrected chi connectivity index (χ1v) is 5.27. The molecule has 0 spiro atoms. The van der Waals surface area contributed by atoms with Crippen LogP contribution in [0.3, 0.4) is 0 Å². The zero-order valence-corrected chi connectivity index (χ0v) is 9.74. The second kappa shape index (κ2) is 3.67. The standard InChI is InChI=1S/C13H15NO2/c1-8-4-11-10(3)6-14(7-13(15)16)12(11)5-9(8)2/h4-6H,7H2,1-3H3,(H,15,16). The summed E-state index contributed by atoms with van der Waals surface area (Å²) < 4.78 is 1.79. The number of rotatable bonds is 2. The monoisotopic (exact) mass is 217 g/mol. The largest absolute Gasteiger partial charge is 0.480 e. The van der Waals surface area contributed by atoms with Gasteiger partial charge >= 0.3 is 5.97 Å². The third-order valence-electron chi connectivity index (χ3n) is 3.00. The van der Waals surface area contributed by atoms with E-state index in [1.54, 1.807) is 4.57 Å². The summed E-state index contributed by atoms with van der Waals surface area (Å²) in [6.07, 6.45) is 1.90. The van der Waals surface area contributed by atoms with Crippen molar-refractivity contribution in [1.29, 1.82) is 0 Å². The molecule has 1 aromatic heterocycles. The number of hydrogen-bond acceptors (Lipinski definition) is 1. The third-order valence-corrected chi connectivity index (χ3v) is 3.00. The lowest BCUT2D eigenvalue weighted by molar-refractivity contribution is -0.137. The SMILES string of the molecule is Cc1cc2c(C)cn(CC(=O)O)c2cc1C. The van der Waals surface area contributed by atoms with Gasteiger partial charge in [-0.15, -0.1) is 0 Å². The molecule has 16 heavy (non-hydrogen) atoms. The van der Waals surface area contributed by atoms with E-state index in [2.05, 4.69) is 19.1 Å². The van der Waals surface area contributed by atoms with E-state index in [-0.39, 0.29) is 6.54 Å². The van der Waals surface area contributed by atoms with Crippen LogP contribution in [-0.4, -0.2) is 15.6 Å². The Kier molecular flexibility index (Phi) is 2.46. The lowest BCUT2D eigenvalue weighted by Gasteiger charge is -2.04. The van der Waals surface area contributed by atoms with E-state index in [4.69, 9.17) is 5.11 Å². The maximum atomic E-state index is 10.8. The van der Waals surface area contributed by atoms with Crippen LogP contribution in [0.15, 0.2) is 18.3 Å². The molecule has 0 aliphatic heterocycles. The molecule has 3 heteroatoms. The molecule has 0 aliphatic carbocycles. The van der Waals surface area contributed by atoms with Crippen molar-refractivity contribution in [2.45, 2.75) is 27.3 Å². The van der Waals surface area contributed by atoms with Crippen molar-refractivity contribution in [2.75, 3.05) is 0 Å². The number of fused-ring (bicyclic) bond motifs is 1. The quantitative estimate of drug-likeness (QED) is 0.840. The number of carboxylic acid groups (broad SMARTS) is 1. The van der Waals surface area contributed by atoms with Gasteiger partial charge in [-0.3, -0.25) is 4.79 Å². The van der Waals surface area contributed by atoms with Crippen molar-refractivity contribution in [1.82, 2.24) is 4.57 Å². The van der Waals surface area contributed by atoms with Crippen molar-refractivity contribution in [3.05, 3.63) is 35.0 Å². The average Bonchev–Trinajstić information content (AvgIpc) is 2.44. The molecule has 0 aliphatic rings. The van der Waals surface area contributed by atoms with E-state index in [9.17, 15) is 4.79 Å². The highest BCUT2D eigenvalue weighted by molar-refractivity contribution is 5.86. The molecule has 2 rings (SSSR count). The highest BCUT2D eigenvalue weighted by atomic mass is 16.4. The van der Waals surface area contributed by atoms with Crippen molar-refractivity contribution in [3.8, 4) is 0 Å². The van der Waals surface area contributed by atoms with Gasteiger partial charge in [-0.2, -0.15) is 0 Å². The molecule has 1 heterocycles. The first-order valence-electron chi connectivity index (χ1n) is 5.27. The summed E-state index contributed by atoms with van der Waals surface area (Å²) in [5.74, 6) is -0.810. The van der Waals surface area contributed by atoms with Crippen LogP contribution < -0.4 is 0 Å². The number of benzene rings is 1. The highest BCUT2D eigenvalue weighted by Crippen LogP contribution is 2.24. The number of hydrogen-bond donors (Lipinski definition) is 1. The molecule has 0 fully saturated rings. The predicted molar refractivity (Wildman–Crippen MR) is 63.8 cm³/mol. The lowest BCUT2D eigenvalue weighted by Crippen LogP contribution is -2.07. The maximum absolute atomic E-state index is 10.8. The molecule has 3 nitrogen and oxygen atoms in total. The molecule has 1 N–H and O–H groups in total. The van der Waals surface area contributed by atoms with Gasteiger partial charge in [0.15, 0.2) is 0 Å². The predicted octanol–water partition coefficient (Wildman–Crippen LogP) is 2.65. The molecule has 0 unspecified atom stereocenters. The second-order valence-electron chi connectivity index (χ2n) is 4.29. The molecule has 0 saturated carbocycles. The van der Waals surface area contributed by atoms with Gasteiger partial charge in [0.1, 0.15) is 6.54 Å². The van der Waals surface area contributed by atoms with E-state index >= 15 is 0 Å². The molecular formula is C13H15NO2. The second-order valence-corrected chi connectivity index (χ2v) is 4.29. The first kappa shape index (κ1) is 10.7. The summed E-state index contributed by atoms with van der Waals surface area (Å²) in [6, 6.07) is 4.18. The van der Waals surface area contributed by atoms with Crippen molar-refractivity contribution in [3.63, 3.8) is 0 Å². The molecule has 0 saturated heterocycles.